The van der Waals surface area contributed by atoms with Crippen LogP contribution in [0.4, 0.5) is 4.39 Å². The highest BCUT2D eigenvalue weighted by Gasteiger charge is 2.03. The van der Waals surface area contributed by atoms with Crippen molar-refractivity contribution in [3.63, 3.8) is 0 Å². The fraction of sp³-hybridized carbons (Fsp3) is 0.286. The summed E-state index contributed by atoms with van der Waals surface area (Å²) in [7, 11) is 0. The van der Waals surface area contributed by atoms with Crippen LogP contribution in [0.5, 0.6) is 0 Å². The SMILES string of the molecule is Cc1csc(CCNCc2ccc(F)c(C#N)c2)n1. The minimum Gasteiger partial charge on any atom is -0.312 e. The zero-order chi connectivity index (χ0) is 13.7. The third-order valence-corrected chi connectivity index (χ3v) is 3.69. The molecule has 0 saturated heterocycles. The van der Waals surface area contributed by atoms with E-state index in [4.69, 9.17) is 5.26 Å². The van der Waals surface area contributed by atoms with E-state index >= 15 is 0 Å². The van der Waals surface area contributed by atoms with E-state index in [2.05, 4.69) is 10.3 Å². The van der Waals surface area contributed by atoms with Crippen LogP contribution in [0.1, 0.15) is 21.8 Å². The molecule has 1 aromatic heterocycles. The van der Waals surface area contributed by atoms with E-state index in [0.717, 1.165) is 29.2 Å². The lowest BCUT2D eigenvalue weighted by molar-refractivity contribution is 0.621. The zero-order valence-electron chi connectivity index (χ0n) is 10.6. The first-order chi connectivity index (χ1) is 9.19. The van der Waals surface area contributed by atoms with Gasteiger partial charge in [-0.15, -0.1) is 11.3 Å². The second-order valence-electron chi connectivity index (χ2n) is 4.24. The lowest BCUT2D eigenvalue weighted by Crippen LogP contribution is -2.16. The molecule has 2 rings (SSSR count). The number of nitrogens with zero attached hydrogens (tertiary/aromatic N) is 2. The number of thiazole rings is 1. The average molecular weight is 275 g/mol. The maximum Gasteiger partial charge on any atom is 0.140 e. The van der Waals surface area contributed by atoms with Crippen LogP contribution >= 0.6 is 11.3 Å². The van der Waals surface area contributed by atoms with Crippen LogP contribution in [0.25, 0.3) is 0 Å². The first-order valence-electron chi connectivity index (χ1n) is 5.99. The number of hydrogen-bond donors (Lipinski definition) is 1. The molecule has 2 aromatic rings. The summed E-state index contributed by atoms with van der Waals surface area (Å²) in [5, 5.41) is 15.2. The van der Waals surface area contributed by atoms with Gasteiger partial charge < -0.3 is 5.32 Å². The Kier molecular flexibility index (Phi) is 4.61. The molecular weight excluding hydrogens is 261 g/mol. The Bertz CT molecular complexity index is 601. The monoisotopic (exact) mass is 275 g/mol. The summed E-state index contributed by atoms with van der Waals surface area (Å²) in [6.45, 7) is 3.42. The average Bonchev–Trinajstić information content (AvgIpc) is 2.82. The van der Waals surface area contributed by atoms with E-state index in [1.165, 1.54) is 6.07 Å². The fourth-order valence-electron chi connectivity index (χ4n) is 1.71. The van der Waals surface area contributed by atoms with Crippen molar-refractivity contribution in [1.29, 1.82) is 5.26 Å². The van der Waals surface area contributed by atoms with Gasteiger partial charge in [0.15, 0.2) is 0 Å². The topological polar surface area (TPSA) is 48.7 Å². The highest BCUT2D eigenvalue weighted by atomic mass is 32.1. The van der Waals surface area contributed by atoms with Crippen LogP contribution in [0.3, 0.4) is 0 Å². The molecule has 1 N–H and O–H groups in total. The highest BCUT2D eigenvalue weighted by molar-refractivity contribution is 7.09. The van der Waals surface area contributed by atoms with Crippen molar-refractivity contribution in [1.82, 2.24) is 10.3 Å². The number of nitrogens with one attached hydrogen (secondary N) is 1. The molecule has 0 spiro atoms. The van der Waals surface area contributed by atoms with Crippen LogP contribution in [0.2, 0.25) is 0 Å². The van der Waals surface area contributed by atoms with Crippen molar-refractivity contribution >= 4 is 11.3 Å². The van der Waals surface area contributed by atoms with Crippen molar-refractivity contribution in [2.45, 2.75) is 19.9 Å². The summed E-state index contributed by atoms with van der Waals surface area (Å²) in [6, 6.07) is 6.45. The molecule has 0 aliphatic rings. The summed E-state index contributed by atoms with van der Waals surface area (Å²) >= 11 is 1.66. The van der Waals surface area contributed by atoms with Crippen molar-refractivity contribution in [3.8, 4) is 6.07 Å². The molecule has 0 fully saturated rings. The predicted molar refractivity (Wildman–Crippen MR) is 73.4 cm³/mol. The maximum atomic E-state index is 13.1. The molecule has 5 heteroatoms. The normalized spacial score (nSPS) is 10.4. The van der Waals surface area contributed by atoms with Crippen LogP contribution in [0.15, 0.2) is 23.6 Å². The van der Waals surface area contributed by atoms with E-state index in [1.807, 2.05) is 18.4 Å². The Morgan fingerprint density at radius 1 is 1.47 bits per heavy atom. The van der Waals surface area contributed by atoms with Gasteiger partial charge in [0, 0.05) is 30.6 Å². The molecule has 1 heterocycles. The van der Waals surface area contributed by atoms with Gasteiger partial charge >= 0.3 is 0 Å². The molecule has 19 heavy (non-hydrogen) atoms. The number of rotatable bonds is 5. The van der Waals surface area contributed by atoms with E-state index < -0.39 is 5.82 Å². The van der Waals surface area contributed by atoms with Gasteiger partial charge in [0.2, 0.25) is 0 Å². The van der Waals surface area contributed by atoms with Crippen molar-refractivity contribution in [2.24, 2.45) is 0 Å². The van der Waals surface area contributed by atoms with Gasteiger partial charge in [-0.25, -0.2) is 9.37 Å². The molecule has 3 nitrogen and oxygen atoms in total. The van der Waals surface area contributed by atoms with E-state index in [9.17, 15) is 4.39 Å². The summed E-state index contributed by atoms with van der Waals surface area (Å²) in [6.07, 6.45) is 0.880. The molecule has 0 amide bonds. The number of benzene rings is 1. The standard InChI is InChI=1S/C14H14FN3S/c1-10-9-19-14(18-10)4-5-17-8-11-2-3-13(15)12(6-11)7-16/h2-3,6,9,17H,4-5,8H2,1H3. The minimum absolute atomic E-state index is 0.0925. The fourth-order valence-corrected chi connectivity index (χ4v) is 2.49. The Hall–Kier alpha value is -1.77. The van der Waals surface area contributed by atoms with E-state index in [-0.39, 0.29) is 5.56 Å². The van der Waals surface area contributed by atoms with Crippen molar-refractivity contribution in [2.75, 3.05) is 6.54 Å². The Balaban J connectivity index is 1.81. The van der Waals surface area contributed by atoms with Crippen LogP contribution in [-0.4, -0.2) is 11.5 Å². The van der Waals surface area contributed by atoms with Gasteiger partial charge in [0.1, 0.15) is 11.9 Å². The second-order valence-corrected chi connectivity index (χ2v) is 5.18. The number of aryl methyl sites for hydroxylation is 1. The first-order valence-corrected chi connectivity index (χ1v) is 6.87. The highest BCUT2D eigenvalue weighted by Crippen LogP contribution is 2.10. The molecule has 0 aliphatic carbocycles. The number of aromatic nitrogens is 1. The summed E-state index contributed by atoms with van der Waals surface area (Å²) in [5.74, 6) is -0.468. The van der Waals surface area contributed by atoms with Gasteiger partial charge in [0.05, 0.1) is 10.6 Å². The van der Waals surface area contributed by atoms with Gasteiger partial charge in [-0.2, -0.15) is 5.26 Å². The molecule has 0 radical (unpaired) electrons. The van der Waals surface area contributed by atoms with Gasteiger partial charge in [-0.05, 0) is 24.6 Å². The maximum absolute atomic E-state index is 13.1. The molecule has 0 aliphatic heterocycles. The molecule has 0 atom stereocenters. The minimum atomic E-state index is -0.468. The smallest absolute Gasteiger partial charge is 0.140 e. The Morgan fingerprint density at radius 3 is 3.00 bits per heavy atom. The van der Waals surface area contributed by atoms with Gasteiger partial charge in [0.25, 0.3) is 0 Å². The Morgan fingerprint density at radius 2 is 2.32 bits per heavy atom. The quantitative estimate of drug-likeness (QED) is 0.854. The second kappa shape index (κ2) is 6.41. The van der Waals surface area contributed by atoms with Gasteiger partial charge in [-0.3, -0.25) is 0 Å². The third kappa shape index (κ3) is 3.85. The van der Waals surface area contributed by atoms with Crippen LogP contribution in [-0.2, 0) is 13.0 Å². The van der Waals surface area contributed by atoms with Gasteiger partial charge in [-0.1, -0.05) is 6.07 Å². The molecule has 0 saturated carbocycles. The Labute approximate surface area is 115 Å². The largest absolute Gasteiger partial charge is 0.312 e. The van der Waals surface area contributed by atoms with E-state index in [0.29, 0.717) is 6.54 Å². The molecule has 1 aromatic carbocycles. The number of halogens is 1. The van der Waals surface area contributed by atoms with Crippen molar-refractivity contribution < 1.29 is 4.39 Å². The summed E-state index contributed by atoms with van der Waals surface area (Å²) < 4.78 is 13.1. The van der Waals surface area contributed by atoms with E-state index in [1.54, 1.807) is 23.5 Å². The molecule has 0 unspecified atom stereocenters. The molecular formula is C14H14FN3S. The molecule has 0 bridgehead atoms. The first kappa shape index (κ1) is 13.7. The number of hydrogen-bond acceptors (Lipinski definition) is 4. The van der Waals surface area contributed by atoms with Crippen molar-refractivity contribution in [3.05, 3.63) is 51.2 Å². The third-order valence-electron chi connectivity index (χ3n) is 2.66. The lowest BCUT2D eigenvalue weighted by Gasteiger charge is -2.04. The van der Waals surface area contributed by atoms with Crippen LogP contribution < -0.4 is 5.32 Å². The summed E-state index contributed by atoms with van der Waals surface area (Å²) in [4.78, 5) is 4.38. The molecule has 98 valence electrons. The number of nitriles is 1. The van der Waals surface area contributed by atoms with Crippen LogP contribution in [0, 0.1) is 24.1 Å². The predicted octanol–water partition coefficient (Wildman–Crippen LogP) is 2.79. The lowest BCUT2D eigenvalue weighted by atomic mass is 10.1. The zero-order valence-corrected chi connectivity index (χ0v) is 11.4. The summed E-state index contributed by atoms with van der Waals surface area (Å²) in [5.41, 5.74) is 2.06.